The minimum absolute atomic E-state index is 0.189. The number of thioether (sulfide) groups is 1. The van der Waals surface area contributed by atoms with Crippen molar-refractivity contribution in [2.75, 3.05) is 24.8 Å². The number of aromatic nitrogens is 2. The van der Waals surface area contributed by atoms with Gasteiger partial charge in [0.25, 0.3) is 0 Å². The van der Waals surface area contributed by atoms with Crippen molar-refractivity contribution in [3.8, 4) is 0 Å². The van der Waals surface area contributed by atoms with Gasteiger partial charge in [0.2, 0.25) is 5.95 Å². The van der Waals surface area contributed by atoms with Crippen LogP contribution in [0.2, 0.25) is 0 Å². The largest absolute Gasteiger partial charge is 0.384 e. The number of para-hydroxylation sites is 2. The summed E-state index contributed by atoms with van der Waals surface area (Å²) in [5, 5.41) is 3.43. The van der Waals surface area contributed by atoms with Gasteiger partial charge < -0.3 is 15.0 Å². The Hall–Kier alpha value is -1.98. The second kappa shape index (κ2) is 7.53. The molecule has 0 aliphatic carbocycles. The van der Waals surface area contributed by atoms with Crippen LogP contribution in [-0.2, 0) is 4.74 Å². The summed E-state index contributed by atoms with van der Waals surface area (Å²) in [5.74, 6) is 1.78. The van der Waals surface area contributed by atoms with Crippen LogP contribution in [0.5, 0.6) is 0 Å². The number of aromatic amines is 1. The number of fused-ring (bicyclic) bond motifs is 1. The summed E-state index contributed by atoms with van der Waals surface area (Å²) in [5.41, 5.74) is 3.26. The number of hydrogen-bond donors (Lipinski definition) is 2. The molecule has 4 nitrogen and oxygen atoms in total. The van der Waals surface area contributed by atoms with Crippen LogP contribution in [0.1, 0.15) is 18.5 Å². The Kier molecular flexibility index (Phi) is 5.20. The zero-order chi connectivity index (χ0) is 16.1. The molecule has 0 radical (unpaired) electrons. The number of methoxy groups -OCH3 is 1. The van der Waals surface area contributed by atoms with Crippen LogP contribution in [0.25, 0.3) is 11.0 Å². The molecule has 5 heteroatoms. The number of hydrogen-bond acceptors (Lipinski definition) is 4. The standard InChI is InChI=1S/C18H21N3OS/c1-13(14-7-9-15(10-8-14)23-12-11-22-2)19-18-20-16-5-3-4-6-17(16)21-18/h3-10,13H,11-12H2,1-2H3,(H2,19,20,21). The maximum absolute atomic E-state index is 5.08. The van der Waals surface area contributed by atoms with Crippen molar-refractivity contribution in [1.82, 2.24) is 9.97 Å². The van der Waals surface area contributed by atoms with Gasteiger partial charge in [-0.25, -0.2) is 4.98 Å². The number of anilines is 1. The molecule has 2 N–H and O–H groups in total. The van der Waals surface area contributed by atoms with Gasteiger partial charge in [0.05, 0.1) is 23.7 Å². The fourth-order valence-corrected chi connectivity index (χ4v) is 3.22. The molecule has 2 aromatic carbocycles. The Balaban J connectivity index is 1.64. The number of benzene rings is 2. The Morgan fingerprint density at radius 2 is 1.96 bits per heavy atom. The average molecular weight is 327 g/mol. The SMILES string of the molecule is COCCSc1ccc(C(C)Nc2nc3ccccc3[nH]2)cc1. The molecule has 1 heterocycles. The number of rotatable bonds is 7. The zero-order valence-electron chi connectivity index (χ0n) is 13.4. The van der Waals surface area contributed by atoms with E-state index in [1.165, 1.54) is 10.5 Å². The summed E-state index contributed by atoms with van der Waals surface area (Å²) in [6, 6.07) is 16.9. The van der Waals surface area contributed by atoms with Gasteiger partial charge >= 0.3 is 0 Å². The lowest BCUT2D eigenvalue weighted by atomic mass is 10.1. The van der Waals surface area contributed by atoms with Gasteiger partial charge in [-0.2, -0.15) is 0 Å². The fourth-order valence-electron chi connectivity index (χ4n) is 2.41. The van der Waals surface area contributed by atoms with Crippen LogP contribution in [0, 0.1) is 0 Å². The van der Waals surface area contributed by atoms with E-state index in [0.717, 1.165) is 29.3 Å². The van der Waals surface area contributed by atoms with E-state index >= 15 is 0 Å². The van der Waals surface area contributed by atoms with Gasteiger partial charge in [-0.1, -0.05) is 24.3 Å². The maximum atomic E-state index is 5.08. The van der Waals surface area contributed by atoms with E-state index in [1.54, 1.807) is 7.11 Å². The molecule has 23 heavy (non-hydrogen) atoms. The summed E-state index contributed by atoms with van der Waals surface area (Å²) in [7, 11) is 1.73. The number of nitrogens with zero attached hydrogens (tertiary/aromatic N) is 1. The number of ether oxygens (including phenoxy) is 1. The minimum Gasteiger partial charge on any atom is -0.384 e. The molecule has 0 aliphatic heterocycles. The van der Waals surface area contributed by atoms with Crippen LogP contribution >= 0.6 is 11.8 Å². The minimum atomic E-state index is 0.189. The molecular weight excluding hydrogens is 306 g/mol. The van der Waals surface area contributed by atoms with E-state index in [1.807, 2.05) is 36.0 Å². The van der Waals surface area contributed by atoms with E-state index in [9.17, 15) is 0 Å². The zero-order valence-corrected chi connectivity index (χ0v) is 14.2. The molecule has 0 saturated heterocycles. The Morgan fingerprint density at radius 1 is 1.17 bits per heavy atom. The van der Waals surface area contributed by atoms with E-state index in [-0.39, 0.29) is 6.04 Å². The first-order valence-electron chi connectivity index (χ1n) is 7.69. The third-order valence-electron chi connectivity index (χ3n) is 3.68. The van der Waals surface area contributed by atoms with Crippen molar-refractivity contribution in [3.05, 3.63) is 54.1 Å². The number of H-pyrrole nitrogens is 1. The molecule has 3 aromatic rings. The molecule has 0 aliphatic rings. The van der Waals surface area contributed by atoms with Gasteiger partial charge in [0.15, 0.2) is 0 Å². The van der Waals surface area contributed by atoms with Crippen molar-refractivity contribution in [1.29, 1.82) is 0 Å². The first-order valence-corrected chi connectivity index (χ1v) is 8.68. The van der Waals surface area contributed by atoms with Gasteiger partial charge in [-0.15, -0.1) is 11.8 Å². The molecule has 3 rings (SSSR count). The summed E-state index contributed by atoms with van der Waals surface area (Å²) in [6.45, 7) is 2.91. The first kappa shape index (κ1) is 15.9. The maximum Gasteiger partial charge on any atom is 0.201 e. The van der Waals surface area contributed by atoms with Crippen molar-refractivity contribution >= 4 is 28.7 Å². The van der Waals surface area contributed by atoms with E-state index in [0.29, 0.717) is 0 Å². The molecule has 1 atom stereocenters. The summed E-state index contributed by atoms with van der Waals surface area (Å²) >= 11 is 1.81. The third kappa shape index (κ3) is 4.06. The van der Waals surface area contributed by atoms with Crippen LogP contribution in [0.3, 0.4) is 0 Å². The van der Waals surface area contributed by atoms with Crippen molar-refractivity contribution < 1.29 is 4.74 Å². The molecule has 1 unspecified atom stereocenters. The van der Waals surface area contributed by atoms with Crippen LogP contribution in [0.15, 0.2) is 53.4 Å². The summed E-state index contributed by atoms with van der Waals surface area (Å²) in [4.78, 5) is 9.13. The third-order valence-corrected chi connectivity index (χ3v) is 4.66. The lowest BCUT2D eigenvalue weighted by molar-refractivity contribution is 0.218. The van der Waals surface area contributed by atoms with E-state index in [2.05, 4.69) is 46.5 Å². The molecule has 120 valence electrons. The molecule has 0 saturated carbocycles. The van der Waals surface area contributed by atoms with E-state index < -0.39 is 0 Å². The normalized spacial score (nSPS) is 12.4. The second-order valence-electron chi connectivity index (χ2n) is 5.38. The Labute approximate surface area is 140 Å². The van der Waals surface area contributed by atoms with Crippen LogP contribution < -0.4 is 5.32 Å². The highest BCUT2D eigenvalue weighted by Crippen LogP contribution is 2.23. The molecule has 0 bridgehead atoms. The molecule has 0 fully saturated rings. The topological polar surface area (TPSA) is 49.9 Å². The highest BCUT2D eigenvalue weighted by atomic mass is 32.2. The van der Waals surface area contributed by atoms with E-state index in [4.69, 9.17) is 4.74 Å². The van der Waals surface area contributed by atoms with Gasteiger partial charge in [0, 0.05) is 17.8 Å². The Bertz CT molecular complexity index is 721. The second-order valence-corrected chi connectivity index (χ2v) is 6.55. The van der Waals surface area contributed by atoms with Crippen molar-refractivity contribution in [2.24, 2.45) is 0 Å². The summed E-state index contributed by atoms with van der Waals surface area (Å²) in [6.07, 6.45) is 0. The molecular formula is C18H21N3OS. The molecule has 0 spiro atoms. The van der Waals surface area contributed by atoms with Gasteiger partial charge in [-0.05, 0) is 36.8 Å². The summed E-state index contributed by atoms with van der Waals surface area (Å²) < 4.78 is 5.08. The fraction of sp³-hybridized carbons (Fsp3) is 0.278. The molecule has 1 aromatic heterocycles. The smallest absolute Gasteiger partial charge is 0.201 e. The average Bonchev–Trinajstić information content (AvgIpc) is 2.98. The highest BCUT2D eigenvalue weighted by Gasteiger charge is 2.08. The van der Waals surface area contributed by atoms with Crippen molar-refractivity contribution in [2.45, 2.75) is 17.9 Å². The Morgan fingerprint density at radius 3 is 2.70 bits per heavy atom. The lowest BCUT2D eigenvalue weighted by Crippen LogP contribution is -2.07. The highest BCUT2D eigenvalue weighted by molar-refractivity contribution is 7.99. The van der Waals surface area contributed by atoms with Crippen LogP contribution in [0.4, 0.5) is 5.95 Å². The van der Waals surface area contributed by atoms with Gasteiger partial charge in [0.1, 0.15) is 0 Å². The first-order chi connectivity index (χ1) is 11.3. The van der Waals surface area contributed by atoms with Crippen LogP contribution in [-0.4, -0.2) is 29.4 Å². The predicted octanol–water partition coefficient (Wildman–Crippen LogP) is 4.47. The number of imidazole rings is 1. The van der Waals surface area contributed by atoms with Gasteiger partial charge in [-0.3, -0.25) is 0 Å². The monoisotopic (exact) mass is 327 g/mol. The predicted molar refractivity (Wildman–Crippen MR) is 97.2 cm³/mol. The quantitative estimate of drug-likeness (QED) is 0.496. The lowest BCUT2D eigenvalue weighted by Gasteiger charge is -2.14. The number of nitrogens with one attached hydrogen (secondary N) is 2. The van der Waals surface area contributed by atoms with Crippen molar-refractivity contribution in [3.63, 3.8) is 0 Å². The molecule has 0 amide bonds.